The highest BCUT2D eigenvalue weighted by atomic mass is 16.5. The molecule has 2 N–H and O–H groups in total. The summed E-state index contributed by atoms with van der Waals surface area (Å²) in [5.41, 5.74) is 6.16. The maximum atomic E-state index is 13.0. The van der Waals surface area contributed by atoms with Crippen LogP contribution in [0, 0.1) is 0 Å². The maximum absolute atomic E-state index is 13.0. The summed E-state index contributed by atoms with van der Waals surface area (Å²) in [5, 5.41) is 6.25. The summed E-state index contributed by atoms with van der Waals surface area (Å²) in [6.45, 7) is 3.42. The monoisotopic (exact) mass is 523 g/mol. The lowest BCUT2D eigenvalue weighted by Crippen LogP contribution is -2.32. The van der Waals surface area contributed by atoms with E-state index in [0.717, 1.165) is 55.2 Å². The molecule has 200 valence electrons. The molecule has 2 aromatic carbocycles. The maximum Gasteiger partial charge on any atom is 0.259 e. The number of benzene rings is 2. The van der Waals surface area contributed by atoms with Crippen molar-refractivity contribution in [3.05, 3.63) is 107 Å². The predicted octanol–water partition coefficient (Wildman–Crippen LogP) is 4.96. The number of anilines is 2. The van der Waals surface area contributed by atoms with E-state index >= 15 is 0 Å². The third-order valence-corrected chi connectivity index (χ3v) is 6.99. The van der Waals surface area contributed by atoms with E-state index < -0.39 is 0 Å². The number of fused-ring (bicyclic) bond motifs is 1. The molecule has 0 saturated carbocycles. The van der Waals surface area contributed by atoms with Gasteiger partial charge in [0.2, 0.25) is 0 Å². The first-order valence-corrected chi connectivity index (χ1v) is 13.1. The van der Waals surface area contributed by atoms with Crippen molar-refractivity contribution < 1.29 is 14.3 Å². The Morgan fingerprint density at radius 2 is 1.67 bits per heavy atom. The molecule has 39 heavy (non-hydrogen) atoms. The summed E-state index contributed by atoms with van der Waals surface area (Å²) in [5.74, 6) is 1.91. The highest BCUT2D eigenvalue weighted by Crippen LogP contribution is 2.33. The van der Waals surface area contributed by atoms with Crippen molar-refractivity contribution in [1.82, 2.24) is 14.9 Å². The van der Waals surface area contributed by atoms with E-state index in [1.165, 1.54) is 16.7 Å². The van der Waals surface area contributed by atoms with E-state index in [9.17, 15) is 4.79 Å². The van der Waals surface area contributed by atoms with Gasteiger partial charge in [0.05, 0.1) is 19.8 Å². The quantitative estimate of drug-likeness (QED) is 0.304. The highest BCUT2D eigenvalue weighted by Gasteiger charge is 2.19. The molecule has 0 fully saturated rings. The van der Waals surface area contributed by atoms with E-state index in [2.05, 4.69) is 49.8 Å². The molecule has 5 rings (SSSR count). The van der Waals surface area contributed by atoms with Crippen LogP contribution in [0.1, 0.15) is 32.6 Å². The molecule has 0 bridgehead atoms. The van der Waals surface area contributed by atoms with Gasteiger partial charge in [0.1, 0.15) is 5.82 Å². The molecule has 1 aliphatic heterocycles. The van der Waals surface area contributed by atoms with Gasteiger partial charge in [0.25, 0.3) is 5.91 Å². The van der Waals surface area contributed by atoms with Crippen molar-refractivity contribution in [3.8, 4) is 11.5 Å². The van der Waals surface area contributed by atoms with Crippen LogP contribution in [0.3, 0.4) is 0 Å². The molecule has 0 spiro atoms. The molecule has 0 radical (unpaired) electrons. The molecule has 0 saturated heterocycles. The number of ether oxygens (including phenoxy) is 2. The first-order valence-electron chi connectivity index (χ1n) is 13.1. The first kappa shape index (κ1) is 26.2. The van der Waals surface area contributed by atoms with Crippen LogP contribution < -0.4 is 20.1 Å². The van der Waals surface area contributed by atoms with Crippen molar-refractivity contribution in [2.24, 2.45) is 0 Å². The number of pyridine rings is 2. The zero-order valence-corrected chi connectivity index (χ0v) is 22.3. The minimum atomic E-state index is -0.202. The molecule has 1 aliphatic rings. The van der Waals surface area contributed by atoms with Gasteiger partial charge in [-0.1, -0.05) is 12.1 Å². The second kappa shape index (κ2) is 12.4. The van der Waals surface area contributed by atoms with Crippen LogP contribution in [0.25, 0.3) is 0 Å². The summed E-state index contributed by atoms with van der Waals surface area (Å²) in [6, 6.07) is 19.7. The summed E-state index contributed by atoms with van der Waals surface area (Å²) in [7, 11) is 3.35. The Morgan fingerprint density at radius 3 is 2.41 bits per heavy atom. The number of methoxy groups -OCH3 is 2. The van der Waals surface area contributed by atoms with E-state index in [4.69, 9.17) is 9.47 Å². The molecule has 2 aromatic heterocycles. The Balaban J connectivity index is 1.15. The Bertz CT molecular complexity index is 1410. The summed E-state index contributed by atoms with van der Waals surface area (Å²) in [6.07, 6.45) is 7.09. The molecular formula is C31H33N5O3. The molecule has 4 aromatic rings. The molecule has 0 atom stereocenters. The first-order chi connectivity index (χ1) is 19.1. The largest absolute Gasteiger partial charge is 0.493 e. The van der Waals surface area contributed by atoms with E-state index in [0.29, 0.717) is 17.9 Å². The standard InChI is InChI=1S/C31H33N5O3/c1-38-28-18-24-12-17-36(21-25(24)19-29(28)39-2)16-11-22-5-7-26(8-6-22)35-31(37)27-4-3-13-33-30(27)34-20-23-9-14-32-15-10-23/h3-10,13-15,18-19H,11-12,16-17,20-21H2,1-2H3,(H,33,34)(H,35,37). The van der Waals surface area contributed by atoms with E-state index in [1.807, 2.05) is 24.3 Å². The van der Waals surface area contributed by atoms with Crippen LogP contribution in [-0.4, -0.2) is 48.1 Å². The van der Waals surface area contributed by atoms with Crippen LogP contribution in [-0.2, 0) is 25.9 Å². The van der Waals surface area contributed by atoms with Gasteiger partial charge in [0.15, 0.2) is 11.5 Å². The van der Waals surface area contributed by atoms with Crippen molar-refractivity contribution in [2.45, 2.75) is 25.9 Å². The summed E-state index contributed by atoms with van der Waals surface area (Å²) in [4.78, 5) is 23.9. The lowest BCUT2D eigenvalue weighted by Gasteiger charge is -2.29. The van der Waals surface area contributed by atoms with Crippen molar-refractivity contribution >= 4 is 17.4 Å². The molecule has 8 heteroatoms. The summed E-state index contributed by atoms with van der Waals surface area (Å²) >= 11 is 0. The summed E-state index contributed by atoms with van der Waals surface area (Å²) < 4.78 is 10.9. The lowest BCUT2D eigenvalue weighted by atomic mass is 9.98. The number of nitrogens with zero attached hydrogens (tertiary/aromatic N) is 3. The van der Waals surface area contributed by atoms with Crippen LogP contribution in [0.4, 0.5) is 11.5 Å². The third kappa shape index (κ3) is 6.53. The average molecular weight is 524 g/mol. The number of aromatic nitrogens is 2. The number of rotatable bonds is 10. The zero-order chi connectivity index (χ0) is 27.0. The van der Waals surface area contributed by atoms with Gasteiger partial charge in [-0.25, -0.2) is 4.98 Å². The second-order valence-electron chi connectivity index (χ2n) is 9.51. The van der Waals surface area contributed by atoms with Crippen LogP contribution >= 0.6 is 0 Å². The molecule has 8 nitrogen and oxygen atoms in total. The van der Waals surface area contributed by atoms with Crippen molar-refractivity contribution in [1.29, 1.82) is 0 Å². The van der Waals surface area contributed by atoms with Gasteiger partial charge in [-0.3, -0.25) is 14.7 Å². The number of hydrogen-bond donors (Lipinski definition) is 2. The van der Waals surface area contributed by atoms with Crippen LogP contribution in [0.15, 0.2) is 79.3 Å². The minimum absolute atomic E-state index is 0.202. The average Bonchev–Trinajstić information content (AvgIpc) is 2.99. The molecule has 3 heterocycles. The molecule has 0 unspecified atom stereocenters. The van der Waals surface area contributed by atoms with E-state index in [-0.39, 0.29) is 5.91 Å². The minimum Gasteiger partial charge on any atom is -0.493 e. The number of nitrogens with one attached hydrogen (secondary N) is 2. The topological polar surface area (TPSA) is 88.6 Å². The van der Waals surface area contributed by atoms with Gasteiger partial charge < -0.3 is 20.1 Å². The Morgan fingerprint density at radius 1 is 0.923 bits per heavy atom. The van der Waals surface area contributed by atoms with Gasteiger partial charge in [0, 0.05) is 50.5 Å². The Hall–Kier alpha value is -4.43. The van der Waals surface area contributed by atoms with Crippen LogP contribution in [0.2, 0.25) is 0 Å². The lowest BCUT2D eigenvalue weighted by molar-refractivity contribution is 0.102. The SMILES string of the molecule is COc1cc2c(cc1OC)CN(CCc1ccc(NC(=O)c3cccnc3NCc3ccncc3)cc1)CC2. The fraction of sp³-hybridized carbons (Fsp3) is 0.258. The number of carbonyl (C=O) groups excluding carboxylic acids is 1. The normalized spacial score (nSPS) is 12.9. The number of carbonyl (C=O) groups is 1. The fourth-order valence-electron chi connectivity index (χ4n) is 4.79. The van der Waals surface area contributed by atoms with Gasteiger partial charge in [-0.15, -0.1) is 0 Å². The van der Waals surface area contributed by atoms with Crippen molar-refractivity contribution in [3.63, 3.8) is 0 Å². The van der Waals surface area contributed by atoms with E-state index in [1.54, 1.807) is 44.9 Å². The zero-order valence-electron chi connectivity index (χ0n) is 22.3. The molecule has 0 aliphatic carbocycles. The Labute approximate surface area is 229 Å². The van der Waals surface area contributed by atoms with Gasteiger partial charge in [-0.05, 0) is 83.6 Å². The second-order valence-corrected chi connectivity index (χ2v) is 9.51. The smallest absolute Gasteiger partial charge is 0.259 e. The Kier molecular flexibility index (Phi) is 8.33. The van der Waals surface area contributed by atoms with Crippen molar-refractivity contribution in [2.75, 3.05) is 37.9 Å². The van der Waals surface area contributed by atoms with Gasteiger partial charge in [-0.2, -0.15) is 0 Å². The third-order valence-electron chi connectivity index (χ3n) is 6.99. The fourth-order valence-corrected chi connectivity index (χ4v) is 4.79. The number of amides is 1. The molecule has 1 amide bonds. The predicted molar refractivity (Wildman–Crippen MR) is 152 cm³/mol. The molecular weight excluding hydrogens is 490 g/mol. The number of hydrogen-bond acceptors (Lipinski definition) is 7. The highest BCUT2D eigenvalue weighted by molar-refractivity contribution is 6.07. The van der Waals surface area contributed by atoms with Gasteiger partial charge >= 0.3 is 0 Å². The van der Waals surface area contributed by atoms with Crippen LogP contribution in [0.5, 0.6) is 11.5 Å².